The Morgan fingerprint density at radius 2 is 1.35 bits per heavy atom. The highest BCUT2D eigenvalue weighted by Gasteiger charge is 2.19. The van der Waals surface area contributed by atoms with Crippen molar-refractivity contribution < 1.29 is 19.8 Å². The minimum atomic E-state index is -1.13. The van der Waals surface area contributed by atoms with E-state index in [-0.39, 0.29) is 16.8 Å². The lowest BCUT2D eigenvalue weighted by atomic mass is 10.1. The number of anilines is 2. The smallest absolute Gasteiger partial charge is 0.337 e. The highest BCUT2D eigenvalue weighted by Crippen LogP contribution is 2.35. The maximum absolute atomic E-state index is 11.7. The maximum atomic E-state index is 11.7. The SMILES string of the molecule is O=C(O)c1cc(Sc2ccccc2)c(C(=O)O)cc1Nc1ccccc1. The molecule has 0 aromatic heterocycles. The molecule has 0 aliphatic heterocycles. The third kappa shape index (κ3) is 4.04. The Morgan fingerprint density at radius 1 is 0.769 bits per heavy atom. The molecule has 6 heteroatoms. The van der Waals surface area contributed by atoms with Crippen LogP contribution in [0.1, 0.15) is 20.7 Å². The molecule has 3 aromatic carbocycles. The normalized spacial score (nSPS) is 10.3. The summed E-state index contributed by atoms with van der Waals surface area (Å²) in [5, 5.41) is 22.1. The van der Waals surface area contributed by atoms with E-state index in [9.17, 15) is 19.8 Å². The van der Waals surface area contributed by atoms with Gasteiger partial charge in [0.25, 0.3) is 0 Å². The first-order valence-corrected chi connectivity index (χ1v) is 8.56. The Balaban J connectivity index is 2.06. The summed E-state index contributed by atoms with van der Waals surface area (Å²) in [6.07, 6.45) is 0. The minimum absolute atomic E-state index is 0.0114. The molecule has 0 amide bonds. The summed E-state index contributed by atoms with van der Waals surface area (Å²) in [5.41, 5.74) is 0.966. The van der Waals surface area contributed by atoms with Gasteiger partial charge in [-0.05, 0) is 36.4 Å². The van der Waals surface area contributed by atoms with E-state index in [4.69, 9.17) is 0 Å². The molecule has 0 fully saturated rings. The molecule has 0 saturated heterocycles. The Bertz CT molecular complexity index is 864. The highest BCUT2D eigenvalue weighted by atomic mass is 32.2. The van der Waals surface area contributed by atoms with Crippen molar-refractivity contribution in [1.29, 1.82) is 0 Å². The lowest BCUT2D eigenvalue weighted by Gasteiger charge is -2.14. The lowest BCUT2D eigenvalue weighted by Crippen LogP contribution is -2.07. The van der Waals surface area contributed by atoms with Crippen molar-refractivity contribution in [2.24, 2.45) is 0 Å². The molecule has 0 aliphatic carbocycles. The van der Waals surface area contributed by atoms with Crippen molar-refractivity contribution in [3.8, 4) is 0 Å². The summed E-state index contributed by atoms with van der Waals surface area (Å²) in [6.45, 7) is 0. The number of carboxylic acids is 2. The van der Waals surface area contributed by atoms with Crippen molar-refractivity contribution in [2.75, 3.05) is 5.32 Å². The predicted molar refractivity (Wildman–Crippen MR) is 101 cm³/mol. The zero-order valence-electron chi connectivity index (χ0n) is 13.5. The predicted octanol–water partition coefficient (Wildman–Crippen LogP) is 4.98. The molecule has 3 aromatic rings. The summed E-state index contributed by atoms with van der Waals surface area (Å²) < 4.78 is 0. The van der Waals surface area contributed by atoms with E-state index in [1.54, 1.807) is 24.3 Å². The second kappa shape index (κ2) is 7.76. The summed E-state index contributed by atoms with van der Waals surface area (Å²) in [6, 6.07) is 21.0. The number of aromatic carboxylic acids is 2. The van der Waals surface area contributed by atoms with Gasteiger partial charge in [-0.15, -0.1) is 0 Å². The number of carbonyl (C=O) groups is 2. The molecule has 0 unspecified atom stereocenters. The highest BCUT2D eigenvalue weighted by molar-refractivity contribution is 7.99. The fraction of sp³-hybridized carbons (Fsp3) is 0. The fourth-order valence-electron chi connectivity index (χ4n) is 2.40. The zero-order valence-corrected chi connectivity index (χ0v) is 14.4. The molecular weight excluding hydrogens is 350 g/mol. The van der Waals surface area contributed by atoms with E-state index in [0.29, 0.717) is 10.6 Å². The molecule has 3 rings (SSSR count). The van der Waals surface area contributed by atoms with Gasteiger partial charge in [-0.25, -0.2) is 9.59 Å². The summed E-state index contributed by atoms with van der Waals surface area (Å²) >= 11 is 1.22. The monoisotopic (exact) mass is 365 g/mol. The topological polar surface area (TPSA) is 86.6 Å². The van der Waals surface area contributed by atoms with Gasteiger partial charge in [0.15, 0.2) is 0 Å². The molecule has 0 aliphatic rings. The van der Waals surface area contributed by atoms with E-state index in [1.807, 2.05) is 36.4 Å². The van der Waals surface area contributed by atoms with Gasteiger partial charge in [0.2, 0.25) is 0 Å². The summed E-state index contributed by atoms with van der Waals surface area (Å²) in [7, 11) is 0. The van der Waals surface area contributed by atoms with Crippen LogP contribution >= 0.6 is 11.8 Å². The van der Waals surface area contributed by atoms with Crippen molar-refractivity contribution in [1.82, 2.24) is 0 Å². The average Bonchev–Trinajstić information content (AvgIpc) is 2.64. The second-order valence-electron chi connectivity index (χ2n) is 5.41. The van der Waals surface area contributed by atoms with Crippen LogP contribution in [-0.2, 0) is 0 Å². The van der Waals surface area contributed by atoms with Crippen LogP contribution in [0.3, 0.4) is 0 Å². The van der Waals surface area contributed by atoms with Crippen LogP contribution in [0.15, 0.2) is 82.6 Å². The second-order valence-corrected chi connectivity index (χ2v) is 6.53. The van der Waals surface area contributed by atoms with Gasteiger partial charge in [-0.2, -0.15) is 0 Å². The molecule has 5 nitrogen and oxygen atoms in total. The lowest BCUT2D eigenvalue weighted by molar-refractivity contribution is 0.0679. The number of hydrogen-bond acceptors (Lipinski definition) is 4. The molecule has 3 N–H and O–H groups in total. The largest absolute Gasteiger partial charge is 0.478 e. The molecular formula is C20H15NO4S. The molecule has 0 saturated carbocycles. The number of nitrogens with one attached hydrogen (secondary N) is 1. The first-order valence-electron chi connectivity index (χ1n) is 7.74. The molecule has 0 heterocycles. The number of para-hydroxylation sites is 1. The van der Waals surface area contributed by atoms with Crippen LogP contribution in [0.4, 0.5) is 11.4 Å². The van der Waals surface area contributed by atoms with E-state index in [1.165, 1.54) is 23.9 Å². The standard InChI is InChI=1S/C20H15NO4S/c22-19(23)15-12-18(26-14-9-5-2-6-10-14)16(20(24)25)11-17(15)21-13-7-3-1-4-8-13/h1-12,21H,(H,22,23)(H,24,25). The molecule has 130 valence electrons. The van der Waals surface area contributed by atoms with E-state index < -0.39 is 11.9 Å². The molecule has 0 atom stereocenters. The molecule has 26 heavy (non-hydrogen) atoms. The third-order valence-corrected chi connectivity index (χ3v) is 4.67. The van der Waals surface area contributed by atoms with E-state index in [0.717, 1.165) is 4.90 Å². The van der Waals surface area contributed by atoms with E-state index in [2.05, 4.69) is 5.32 Å². The van der Waals surface area contributed by atoms with Gasteiger partial charge in [0.1, 0.15) is 0 Å². The quantitative estimate of drug-likeness (QED) is 0.571. The number of benzene rings is 3. The van der Waals surface area contributed by atoms with Crippen molar-refractivity contribution in [3.63, 3.8) is 0 Å². The van der Waals surface area contributed by atoms with Crippen molar-refractivity contribution in [2.45, 2.75) is 9.79 Å². The van der Waals surface area contributed by atoms with Crippen LogP contribution in [0.5, 0.6) is 0 Å². The first kappa shape index (κ1) is 17.6. The van der Waals surface area contributed by atoms with Gasteiger partial charge in [-0.3, -0.25) is 0 Å². The van der Waals surface area contributed by atoms with Crippen LogP contribution < -0.4 is 5.32 Å². The van der Waals surface area contributed by atoms with Crippen LogP contribution in [0, 0.1) is 0 Å². The van der Waals surface area contributed by atoms with E-state index >= 15 is 0 Å². The summed E-state index contributed by atoms with van der Waals surface area (Å²) in [5.74, 6) is -2.24. The number of rotatable bonds is 6. The van der Waals surface area contributed by atoms with Gasteiger partial charge >= 0.3 is 11.9 Å². The van der Waals surface area contributed by atoms with Gasteiger partial charge in [0.05, 0.1) is 16.8 Å². The Kier molecular flexibility index (Phi) is 5.24. The van der Waals surface area contributed by atoms with Gasteiger partial charge in [0, 0.05) is 15.5 Å². The van der Waals surface area contributed by atoms with Crippen LogP contribution in [-0.4, -0.2) is 22.2 Å². The Morgan fingerprint density at radius 3 is 1.92 bits per heavy atom. The minimum Gasteiger partial charge on any atom is -0.478 e. The maximum Gasteiger partial charge on any atom is 0.337 e. The Labute approximate surface area is 154 Å². The van der Waals surface area contributed by atoms with Crippen LogP contribution in [0.2, 0.25) is 0 Å². The van der Waals surface area contributed by atoms with Crippen LogP contribution in [0.25, 0.3) is 0 Å². The number of carboxylic acid groups (broad SMARTS) is 2. The zero-order chi connectivity index (χ0) is 18.5. The third-order valence-electron chi connectivity index (χ3n) is 3.60. The fourth-order valence-corrected chi connectivity index (χ4v) is 3.38. The van der Waals surface area contributed by atoms with Crippen molar-refractivity contribution in [3.05, 3.63) is 83.9 Å². The molecule has 0 radical (unpaired) electrons. The Hall–Kier alpha value is -3.25. The summed E-state index contributed by atoms with van der Waals surface area (Å²) in [4.78, 5) is 24.6. The first-order chi connectivity index (χ1) is 12.5. The van der Waals surface area contributed by atoms with Gasteiger partial charge < -0.3 is 15.5 Å². The van der Waals surface area contributed by atoms with Crippen molar-refractivity contribution >= 4 is 35.1 Å². The molecule has 0 spiro atoms. The number of hydrogen-bond donors (Lipinski definition) is 3. The van der Waals surface area contributed by atoms with Gasteiger partial charge in [-0.1, -0.05) is 48.2 Å². The average molecular weight is 365 g/mol. The molecule has 0 bridgehead atoms.